The summed E-state index contributed by atoms with van der Waals surface area (Å²) in [6.45, 7) is 1.55. The van der Waals surface area contributed by atoms with E-state index in [-0.39, 0.29) is 18.7 Å². The highest BCUT2D eigenvalue weighted by Gasteiger charge is 2.01. The quantitative estimate of drug-likeness (QED) is 0.589. The number of nitrogens with one attached hydrogen (secondary N) is 1. The summed E-state index contributed by atoms with van der Waals surface area (Å²) in [6, 6.07) is 0. The van der Waals surface area contributed by atoms with Crippen LogP contribution in [0.5, 0.6) is 0 Å². The molecule has 6 nitrogen and oxygen atoms in total. The lowest BCUT2D eigenvalue weighted by Crippen LogP contribution is -2.37. The van der Waals surface area contributed by atoms with E-state index in [4.69, 9.17) is 0 Å². The molecule has 1 aromatic rings. The fraction of sp³-hybridized carbons (Fsp3) is 0.429. The van der Waals surface area contributed by atoms with Gasteiger partial charge in [0.25, 0.3) is 0 Å². The standard InChI is InChI=1S/C7H8N3O3/c1-5(11)2-3-10-4-8-9-6(12)7(10)13/h2-3H2,1H3,(H,9,12). The third kappa shape index (κ3) is 2.36. The molecule has 6 heteroatoms. The Labute approximate surface area is 73.2 Å². The molecule has 0 aliphatic rings. The number of hydrogen-bond donors (Lipinski definition) is 1. The molecule has 0 saturated carbocycles. The third-order valence-corrected chi connectivity index (χ3v) is 1.46. The lowest BCUT2D eigenvalue weighted by molar-refractivity contribution is -0.117. The molecule has 0 amide bonds. The summed E-state index contributed by atoms with van der Waals surface area (Å²) in [4.78, 5) is 32.3. The van der Waals surface area contributed by atoms with Gasteiger partial charge in [-0.2, -0.15) is 5.10 Å². The van der Waals surface area contributed by atoms with Crippen molar-refractivity contribution < 1.29 is 4.79 Å². The fourth-order valence-corrected chi connectivity index (χ4v) is 0.773. The monoisotopic (exact) mass is 182 g/mol. The number of carbonyl (C=O) groups excluding carboxylic acids is 1. The first-order valence-electron chi connectivity index (χ1n) is 3.68. The Morgan fingerprint density at radius 2 is 2.31 bits per heavy atom. The number of nitrogens with zero attached hydrogens (tertiary/aromatic N) is 2. The van der Waals surface area contributed by atoms with Crippen molar-refractivity contribution in [3.63, 3.8) is 0 Å². The Hall–Kier alpha value is -1.72. The van der Waals surface area contributed by atoms with Gasteiger partial charge in [-0.15, -0.1) is 0 Å². The fourth-order valence-electron chi connectivity index (χ4n) is 0.773. The van der Waals surface area contributed by atoms with Crippen molar-refractivity contribution in [3.8, 4) is 0 Å². The van der Waals surface area contributed by atoms with Crippen LogP contribution in [0.15, 0.2) is 9.59 Å². The van der Waals surface area contributed by atoms with Gasteiger partial charge in [0.15, 0.2) is 0 Å². The molecule has 1 aromatic heterocycles. The van der Waals surface area contributed by atoms with Crippen LogP contribution >= 0.6 is 0 Å². The molecule has 0 aliphatic carbocycles. The molecule has 1 rings (SSSR count). The van der Waals surface area contributed by atoms with Crippen LogP contribution in [0.4, 0.5) is 0 Å². The number of ketones is 1. The molecule has 1 N–H and O–H groups in total. The minimum Gasteiger partial charge on any atom is -0.300 e. The predicted molar refractivity (Wildman–Crippen MR) is 43.3 cm³/mol. The number of aromatic amines is 1. The molecule has 1 heterocycles. The topological polar surface area (TPSA) is 84.8 Å². The van der Waals surface area contributed by atoms with Crippen molar-refractivity contribution in [2.45, 2.75) is 19.9 Å². The van der Waals surface area contributed by atoms with E-state index < -0.39 is 11.1 Å². The van der Waals surface area contributed by atoms with E-state index in [9.17, 15) is 14.4 Å². The van der Waals surface area contributed by atoms with Crippen LogP contribution in [-0.2, 0) is 11.3 Å². The Morgan fingerprint density at radius 1 is 1.62 bits per heavy atom. The third-order valence-electron chi connectivity index (χ3n) is 1.46. The Bertz CT molecular complexity index is 417. The van der Waals surface area contributed by atoms with E-state index in [0.29, 0.717) is 0 Å². The van der Waals surface area contributed by atoms with Crippen molar-refractivity contribution in [1.82, 2.24) is 14.8 Å². The molecule has 13 heavy (non-hydrogen) atoms. The summed E-state index contributed by atoms with van der Waals surface area (Å²) in [7, 11) is 0. The van der Waals surface area contributed by atoms with Crippen molar-refractivity contribution >= 4 is 5.78 Å². The van der Waals surface area contributed by atoms with E-state index in [0.717, 1.165) is 4.57 Å². The minimum atomic E-state index is -0.803. The SMILES string of the molecule is CC(=O)CCn1[c]n[nH]c(=O)c1=O. The van der Waals surface area contributed by atoms with Gasteiger partial charge >= 0.3 is 11.1 Å². The number of aryl methyl sites for hydroxylation is 1. The number of carbonyl (C=O) groups is 1. The van der Waals surface area contributed by atoms with Gasteiger partial charge in [-0.05, 0) is 6.92 Å². The van der Waals surface area contributed by atoms with Gasteiger partial charge in [0.2, 0.25) is 6.33 Å². The minimum absolute atomic E-state index is 0.0550. The molecule has 0 atom stereocenters. The molecule has 0 bridgehead atoms. The van der Waals surface area contributed by atoms with Crippen LogP contribution in [0.2, 0.25) is 0 Å². The Kier molecular flexibility index (Phi) is 2.73. The molecule has 1 radical (unpaired) electrons. The van der Waals surface area contributed by atoms with Gasteiger partial charge in [0.05, 0.1) is 0 Å². The van der Waals surface area contributed by atoms with E-state index in [1.807, 2.05) is 5.10 Å². The summed E-state index contributed by atoms with van der Waals surface area (Å²) in [6.07, 6.45) is 2.48. The molecule has 0 fully saturated rings. The second-order valence-electron chi connectivity index (χ2n) is 2.56. The zero-order chi connectivity index (χ0) is 9.84. The maximum atomic E-state index is 11.0. The second kappa shape index (κ2) is 3.79. The number of aromatic nitrogens is 3. The lowest BCUT2D eigenvalue weighted by Gasteiger charge is -1.98. The number of rotatable bonds is 3. The highest BCUT2D eigenvalue weighted by molar-refractivity contribution is 5.75. The first-order valence-corrected chi connectivity index (χ1v) is 3.68. The van der Waals surface area contributed by atoms with Crippen molar-refractivity contribution in [2.75, 3.05) is 0 Å². The zero-order valence-electron chi connectivity index (χ0n) is 7.03. The molecule has 0 saturated heterocycles. The van der Waals surface area contributed by atoms with Crippen molar-refractivity contribution in [2.24, 2.45) is 0 Å². The molecule has 0 unspecified atom stereocenters. The molecule has 0 aromatic carbocycles. The molecule has 0 aliphatic heterocycles. The summed E-state index contributed by atoms with van der Waals surface area (Å²) in [5.74, 6) is -0.0550. The number of hydrogen-bond acceptors (Lipinski definition) is 4. The van der Waals surface area contributed by atoms with Gasteiger partial charge < -0.3 is 0 Å². The van der Waals surface area contributed by atoms with Crippen LogP contribution in [0.1, 0.15) is 13.3 Å². The van der Waals surface area contributed by atoms with E-state index in [1.54, 1.807) is 0 Å². The maximum Gasteiger partial charge on any atom is 0.330 e. The number of H-pyrrole nitrogens is 1. The average molecular weight is 182 g/mol. The molecule has 69 valence electrons. The predicted octanol–water partition coefficient (Wildman–Crippen LogP) is -1.29. The highest BCUT2D eigenvalue weighted by Crippen LogP contribution is 1.84. The molecular formula is C7H8N3O3. The number of Topliss-reactive ketones (excluding diaryl/α,β-unsaturated/α-hetero) is 1. The average Bonchev–Trinajstić information content (AvgIpc) is 2.07. The normalized spacial score (nSPS) is 9.92. The summed E-state index contributed by atoms with van der Waals surface area (Å²) in [5, 5.41) is 5.26. The largest absolute Gasteiger partial charge is 0.330 e. The van der Waals surface area contributed by atoms with Gasteiger partial charge in [-0.3, -0.25) is 19.0 Å². The second-order valence-corrected chi connectivity index (χ2v) is 2.56. The van der Waals surface area contributed by atoms with Gasteiger partial charge in [0.1, 0.15) is 5.78 Å². The van der Waals surface area contributed by atoms with Gasteiger partial charge in [-0.25, -0.2) is 5.10 Å². The lowest BCUT2D eigenvalue weighted by atomic mass is 10.3. The Morgan fingerprint density at radius 3 is 2.92 bits per heavy atom. The van der Waals surface area contributed by atoms with E-state index in [1.165, 1.54) is 6.92 Å². The Balaban J connectivity index is 2.90. The van der Waals surface area contributed by atoms with Crippen LogP contribution in [-0.4, -0.2) is 20.5 Å². The van der Waals surface area contributed by atoms with Crippen LogP contribution in [0.3, 0.4) is 0 Å². The summed E-state index contributed by atoms with van der Waals surface area (Å²) < 4.78 is 0.986. The highest BCUT2D eigenvalue weighted by atomic mass is 16.2. The maximum absolute atomic E-state index is 11.0. The van der Waals surface area contributed by atoms with E-state index in [2.05, 4.69) is 11.4 Å². The molecule has 0 spiro atoms. The summed E-state index contributed by atoms with van der Waals surface area (Å²) in [5.41, 5.74) is -1.54. The van der Waals surface area contributed by atoms with Crippen LogP contribution in [0.25, 0.3) is 0 Å². The van der Waals surface area contributed by atoms with Gasteiger partial charge in [-0.1, -0.05) is 0 Å². The summed E-state index contributed by atoms with van der Waals surface area (Å²) >= 11 is 0. The first-order chi connectivity index (χ1) is 6.11. The van der Waals surface area contributed by atoms with Gasteiger partial charge in [0, 0.05) is 13.0 Å². The smallest absolute Gasteiger partial charge is 0.300 e. The zero-order valence-corrected chi connectivity index (χ0v) is 7.03. The molecular weight excluding hydrogens is 174 g/mol. The van der Waals surface area contributed by atoms with E-state index >= 15 is 0 Å². The van der Waals surface area contributed by atoms with Crippen LogP contribution in [0, 0.1) is 6.33 Å². The first kappa shape index (κ1) is 9.37. The van der Waals surface area contributed by atoms with Crippen LogP contribution < -0.4 is 11.1 Å². The van der Waals surface area contributed by atoms with Crippen molar-refractivity contribution in [1.29, 1.82) is 0 Å². The van der Waals surface area contributed by atoms with Crippen molar-refractivity contribution in [3.05, 3.63) is 27.0 Å².